The Labute approximate surface area is 126 Å². The lowest BCUT2D eigenvalue weighted by Crippen LogP contribution is -2.44. The predicted molar refractivity (Wildman–Crippen MR) is 88.1 cm³/mol. The zero-order chi connectivity index (χ0) is 14.4. The molecule has 0 amide bonds. The molecule has 2 nitrogen and oxygen atoms in total. The minimum absolute atomic E-state index is 0.580. The molecule has 1 saturated heterocycles. The van der Waals surface area contributed by atoms with Gasteiger partial charge in [-0.1, -0.05) is 40.0 Å². The van der Waals surface area contributed by atoms with Crippen LogP contribution in [0.4, 0.5) is 0 Å². The van der Waals surface area contributed by atoms with Crippen LogP contribution in [-0.4, -0.2) is 37.1 Å². The van der Waals surface area contributed by atoms with Crippen LogP contribution >= 0.6 is 0 Å². The molecule has 1 heterocycles. The van der Waals surface area contributed by atoms with Crippen LogP contribution in [0.1, 0.15) is 72.1 Å². The standard InChI is InChI=1S/C18H36N2/c1-4-17-8-7-12-20(13-9-17)15-18(10-5-6-11-18)14-19-16(2)3/h16-17,19H,4-15H2,1-3H3. The molecular weight excluding hydrogens is 244 g/mol. The Morgan fingerprint density at radius 3 is 2.50 bits per heavy atom. The zero-order valence-electron chi connectivity index (χ0n) is 14.1. The molecule has 2 heteroatoms. The normalized spacial score (nSPS) is 27.9. The van der Waals surface area contributed by atoms with Crippen molar-refractivity contribution in [3.63, 3.8) is 0 Å². The summed E-state index contributed by atoms with van der Waals surface area (Å²) in [4.78, 5) is 2.79. The van der Waals surface area contributed by atoms with Gasteiger partial charge in [0.05, 0.1) is 0 Å². The molecule has 0 aromatic heterocycles. The molecule has 1 N–H and O–H groups in total. The highest BCUT2D eigenvalue weighted by atomic mass is 15.1. The van der Waals surface area contributed by atoms with E-state index in [9.17, 15) is 0 Å². The van der Waals surface area contributed by atoms with Crippen molar-refractivity contribution in [1.29, 1.82) is 0 Å². The van der Waals surface area contributed by atoms with Crippen LogP contribution in [0.25, 0.3) is 0 Å². The monoisotopic (exact) mass is 280 g/mol. The minimum atomic E-state index is 0.580. The smallest absolute Gasteiger partial charge is 0.00501 e. The molecule has 1 saturated carbocycles. The predicted octanol–water partition coefficient (Wildman–Crippen LogP) is 4.06. The molecule has 0 spiro atoms. The molecule has 118 valence electrons. The van der Waals surface area contributed by atoms with E-state index >= 15 is 0 Å². The maximum absolute atomic E-state index is 3.73. The van der Waals surface area contributed by atoms with Crippen molar-refractivity contribution in [1.82, 2.24) is 10.2 Å². The van der Waals surface area contributed by atoms with E-state index in [-0.39, 0.29) is 0 Å². The van der Waals surface area contributed by atoms with Crippen LogP contribution in [0.3, 0.4) is 0 Å². The summed E-state index contributed by atoms with van der Waals surface area (Å²) in [6, 6.07) is 0.626. The summed E-state index contributed by atoms with van der Waals surface area (Å²) in [6.07, 6.45) is 11.5. The summed E-state index contributed by atoms with van der Waals surface area (Å²) >= 11 is 0. The van der Waals surface area contributed by atoms with Crippen molar-refractivity contribution in [2.45, 2.75) is 78.2 Å². The lowest BCUT2D eigenvalue weighted by Gasteiger charge is -2.36. The molecule has 1 unspecified atom stereocenters. The Morgan fingerprint density at radius 1 is 1.10 bits per heavy atom. The molecule has 2 fully saturated rings. The number of nitrogens with zero attached hydrogens (tertiary/aromatic N) is 1. The Bertz CT molecular complexity index is 269. The van der Waals surface area contributed by atoms with Crippen LogP contribution in [0.5, 0.6) is 0 Å². The van der Waals surface area contributed by atoms with E-state index in [1.165, 1.54) is 77.5 Å². The topological polar surface area (TPSA) is 15.3 Å². The first kappa shape index (κ1) is 16.3. The summed E-state index contributed by atoms with van der Waals surface area (Å²) in [5, 5.41) is 3.73. The number of rotatable bonds is 6. The van der Waals surface area contributed by atoms with Crippen molar-refractivity contribution in [3.05, 3.63) is 0 Å². The van der Waals surface area contributed by atoms with Gasteiger partial charge in [-0.15, -0.1) is 0 Å². The van der Waals surface area contributed by atoms with Gasteiger partial charge in [-0.25, -0.2) is 0 Å². The van der Waals surface area contributed by atoms with Gasteiger partial charge in [0.15, 0.2) is 0 Å². The maximum atomic E-state index is 3.73. The third kappa shape index (κ3) is 4.73. The Morgan fingerprint density at radius 2 is 1.85 bits per heavy atom. The SMILES string of the molecule is CCC1CCCN(CC2(CNC(C)C)CCCC2)CC1. The van der Waals surface area contributed by atoms with Gasteiger partial charge in [0.25, 0.3) is 0 Å². The lowest BCUT2D eigenvalue weighted by molar-refractivity contribution is 0.148. The molecule has 0 aromatic rings. The van der Waals surface area contributed by atoms with E-state index in [1.807, 2.05) is 0 Å². The third-order valence-corrected chi connectivity index (χ3v) is 5.63. The largest absolute Gasteiger partial charge is 0.314 e. The molecule has 1 atom stereocenters. The van der Waals surface area contributed by atoms with Gasteiger partial charge in [0, 0.05) is 19.1 Å². The highest BCUT2D eigenvalue weighted by molar-refractivity contribution is 4.90. The van der Waals surface area contributed by atoms with Gasteiger partial charge in [-0.3, -0.25) is 0 Å². The van der Waals surface area contributed by atoms with Crippen molar-refractivity contribution < 1.29 is 0 Å². The third-order valence-electron chi connectivity index (χ3n) is 5.63. The quantitative estimate of drug-likeness (QED) is 0.789. The van der Waals surface area contributed by atoms with Gasteiger partial charge >= 0.3 is 0 Å². The molecule has 1 aliphatic carbocycles. The Balaban J connectivity index is 1.87. The lowest BCUT2D eigenvalue weighted by atomic mass is 9.85. The first-order chi connectivity index (χ1) is 9.63. The number of hydrogen-bond donors (Lipinski definition) is 1. The van der Waals surface area contributed by atoms with E-state index in [0.29, 0.717) is 11.5 Å². The fourth-order valence-corrected chi connectivity index (χ4v) is 4.20. The van der Waals surface area contributed by atoms with Gasteiger partial charge in [0.1, 0.15) is 0 Å². The molecule has 0 radical (unpaired) electrons. The molecule has 2 rings (SSSR count). The van der Waals surface area contributed by atoms with E-state index in [1.54, 1.807) is 0 Å². The summed E-state index contributed by atoms with van der Waals surface area (Å²) in [7, 11) is 0. The molecular formula is C18H36N2. The minimum Gasteiger partial charge on any atom is -0.314 e. The highest BCUT2D eigenvalue weighted by Gasteiger charge is 2.35. The van der Waals surface area contributed by atoms with Gasteiger partial charge in [-0.05, 0) is 56.5 Å². The number of hydrogen-bond acceptors (Lipinski definition) is 2. The maximum Gasteiger partial charge on any atom is 0.00501 e. The fourth-order valence-electron chi connectivity index (χ4n) is 4.20. The molecule has 0 bridgehead atoms. The van der Waals surface area contributed by atoms with E-state index in [4.69, 9.17) is 0 Å². The second-order valence-corrected chi connectivity index (χ2v) is 7.72. The Hall–Kier alpha value is -0.0800. The van der Waals surface area contributed by atoms with E-state index in [0.717, 1.165) is 5.92 Å². The summed E-state index contributed by atoms with van der Waals surface area (Å²) in [5.74, 6) is 0.994. The van der Waals surface area contributed by atoms with E-state index < -0.39 is 0 Å². The number of nitrogens with one attached hydrogen (secondary N) is 1. The van der Waals surface area contributed by atoms with Crippen LogP contribution in [-0.2, 0) is 0 Å². The Kier molecular flexibility index (Phi) is 6.35. The van der Waals surface area contributed by atoms with Crippen LogP contribution < -0.4 is 5.32 Å². The van der Waals surface area contributed by atoms with Gasteiger partial charge < -0.3 is 10.2 Å². The first-order valence-electron chi connectivity index (χ1n) is 9.09. The summed E-state index contributed by atoms with van der Waals surface area (Å²) in [6.45, 7) is 12.2. The van der Waals surface area contributed by atoms with Crippen molar-refractivity contribution in [2.75, 3.05) is 26.2 Å². The second-order valence-electron chi connectivity index (χ2n) is 7.72. The van der Waals surface area contributed by atoms with Crippen LogP contribution in [0.15, 0.2) is 0 Å². The van der Waals surface area contributed by atoms with Crippen molar-refractivity contribution >= 4 is 0 Å². The average molecular weight is 281 g/mol. The molecule has 2 aliphatic rings. The molecule has 0 aromatic carbocycles. The highest BCUT2D eigenvalue weighted by Crippen LogP contribution is 2.39. The van der Waals surface area contributed by atoms with Gasteiger partial charge in [0.2, 0.25) is 0 Å². The molecule has 1 aliphatic heterocycles. The van der Waals surface area contributed by atoms with Gasteiger partial charge in [-0.2, -0.15) is 0 Å². The summed E-state index contributed by atoms with van der Waals surface area (Å²) in [5.41, 5.74) is 0.580. The first-order valence-corrected chi connectivity index (χ1v) is 9.09. The second kappa shape index (κ2) is 7.79. The van der Waals surface area contributed by atoms with Crippen molar-refractivity contribution in [2.24, 2.45) is 11.3 Å². The summed E-state index contributed by atoms with van der Waals surface area (Å²) < 4.78 is 0. The van der Waals surface area contributed by atoms with E-state index in [2.05, 4.69) is 31.0 Å². The number of likely N-dealkylation sites (tertiary alicyclic amines) is 1. The molecule has 20 heavy (non-hydrogen) atoms. The zero-order valence-corrected chi connectivity index (χ0v) is 14.1. The van der Waals surface area contributed by atoms with Crippen LogP contribution in [0, 0.1) is 11.3 Å². The fraction of sp³-hybridized carbons (Fsp3) is 1.00. The average Bonchev–Trinajstić information content (AvgIpc) is 2.77. The van der Waals surface area contributed by atoms with Crippen LogP contribution in [0.2, 0.25) is 0 Å². The van der Waals surface area contributed by atoms with Crippen molar-refractivity contribution in [3.8, 4) is 0 Å².